The predicted octanol–water partition coefficient (Wildman–Crippen LogP) is 4.73. The number of aromatic nitrogens is 1. The zero-order valence-corrected chi connectivity index (χ0v) is 15.5. The van der Waals surface area contributed by atoms with Crippen LogP contribution in [-0.2, 0) is 19.4 Å². The Morgan fingerprint density at radius 1 is 1.04 bits per heavy atom. The lowest BCUT2D eigenvalue weighted by atomic mass is 9.98. The second-order valence-electron chi connectivity index (χ2n) is 7.16. The molecular weight excluding hydrogens is 339 g/mol. The van der Waals surface area contributed by atoms with Gasteiger partial charge in [-0.15, -0.1) is 0 Å². The first-order valence-corrected chi connectivity index (χ1v) is 9.45. The van der Waals surface area contributed by atoms with E-state index in [1.54, 1.807) is 12.1 Å². The average molecular weight is 362 g/mol. The maximum absolute atomic E-state index is 12.9. The number of fused-ring (bicyclic) bond motifs is 1. The van der Waals surface area contributed by atoms with Crippen LogP contribution in [0.4, 0.5) is 4.39 Å². The van der Waals surface area contributed by atoms with E-state index >= 15 is 0 Å². The van der Waals surface area contributed by atoms with Crippen LogP contribution in [0.2, 0.25) is 0 Å². The molecule has 1 aromatic heterocycles. The molecule has 138 valence electrons. The van der Waals surface area contributed by atoms with Crippen molar-refractivity contribution in [1.29, 1.82) is 0 Å². The number of carbonyl (C=O) groups excluding carboxylic acids is 1. The van der Waals surface area contributed by atoms with Crippen molar-refractivity contribution in [2.45, 2.75) is 39.2 Å². The Bertz CT molecular complexity index is 955. The molecule has 1 aliphatic rings. The Balaban J connectivity index is 1.48. The molecule has 0 radical (unpaired) electrons. The van der Waals surface area contributed by atoms with Crippen LogP contribution in [-0.4, -0.2) is 10.5 Å². The number of nitrogens with zero attached hydrogens (tertiary/aromatic N) is 1. The van der Waals surface area contributed by atoms with Crippen molar-refractivity contribution in [3.8, 4) is 5.69 Å². The quantitative estimate of drug-likeness (QED) is 0.715. The third kappa shape index (κ3) is 3.65. The maximum atomic E-state index is 12.9. The fourth-order valence-corrected chi connectivity index (χ4v) is 3.86. The van der Waals surface area contributed by atoms with E-state index < -0.39 is 0 Å². The van der Waals surface area contributed by atoms with Crippen molar-refractivity contribution in [2.75, 3.05) is 0 Å². The molecule has 1 N–H and O–H groups in total. The minimum absolute atomic E-state index is 0.128. The molecule has 1 heterocycles. The molecule has 2 aromatic carbocycles. The number of amides is 1. The van der Waals surface area contributed by atoms with Gasteiger partial charge in [-0.2, -0.15) is 0 Å². The summed E-state index contributed by atoms with van der Waals surface area (Å²) in [5.74, 6) is -0.403. The van der Waals surface area contributed by atoms with Gasteiger partial charge in [0.2, 0.25) is 0 Å². The lowest BCUT2D eigenvalue weighted by Gasteiger charge is -2.17. The molecule has 3 nitrogen and oxygen atoms in total. The summed E-state index contributed by atoms with van der Waals surface area (Å²) in [6.07, 6.45) is 4.78. The van der Waals surface area contributed by atoms with Crippen LogP contribution >= 0.6 is 0 Å². The van der Waals surface area contributed by atoms with Gasteiger partial charge in [0, 0.05) is 29.2 Å². The summed E-state index contributed by atoms with van der Waals surface area (Å²) in [4.78, 5) is 12.4. The fraction of sp³-hybridized carbons (Fsp3) is 0.261. The van der Waals surface area contributed by atoms with Gasteiger partial charge in [0.1, 0.15) is 5.82 Å². The van der Waals surface area contributed by atoms with E-state index in [1.165, 1.54) is 41.9 Å². The van der Waals surface area contributed by atoms with Crippen molar-refractivity contribution < 1.29 is 9.18 Å². The van der Waals surface area contributed by atoms with Gasteiger partial charge in [-0.25, -0.2) is 4.39 Å². The zero-order chi connectivity index (χ0) is 18.8. The summed E-state index contributed by atoms with van der Waals surface area (Å²) >= 11 is 0. The fourth-order valence-electron chi connectivity index (χ4n) is 3.86. The number of aryl methyl sites for hydroxylation is 2. The molecule has 0 saturated carbocycles. The number of carbonyl (C=O) groups is 1. The van der Waals surface area contributed by atoms with Crippen LogP contribution in [0.5, 0.6) is 0 Å². The Labute approximate surface area is 158 Å². The van der Waals surface area contributed by atoms with Crippen molar-refractivity contribution in [2.24, 2.45) is 0 Å². The summed E-state index contributed by atoms with van der Waals surface area (Å²) < 4.78 is 15.3. The molecule has 1 amide bonds. The highest BCUT2D eigenvalue weighted by Gasteiger charge is 2.17. The summed E-state index contributed by atoms with van der Waals surface area (Å²) in [5.41, 5.74) is 6.71. The van der Waals surface area contributed by atoms with Crippen molar-refractivity contribution in [3.05, 3.63) is 88.5 Å². The van der Waals surface area contributed by atoms with E-state index in [0.717, 1.165) is 24.1 Å². The Kier molecular flexibility index (Phi) is 4.80. The molecule has 27 heavy (non-hydrogen) atoms. The largest absolute Gasteiger partial charge is 0.348 e. The maximum Gasteiger partial charge on any atom is 0.251 e. The van der Waals surface area contributed by atoms with E-state index in [2.05, 4.69) is 22.9 Å². The Hall–Kier alpha value is -2.88. The van der Waals surface area contributed by atoms with E-state index in [1.807, 2.05) is 24.3 Å². The number of hydrogen-bond acceptors (Lipinski definition) is 1. The highest BCUT2D eigenvalue weighted by Crippen LogP contribution is 2.28. The predicted molar refractivity (Wildman–Crippen MR) is 105 cm³/mol. The highest BCUT2D eigenvalue weighted by atomic mass is 19.1. The van der Waals surface area contributed by atoms with E-state index in [-0.39, 0.29) is 11.7 Å². The molecule has 1 aliphatic carbocycles. The van der Waals surface area contributed by atoms with Crippen LogP contribution in [0.25, 0.3) is 5.69 Å². The van der Waals surface area contributed by atoms with Gasteiger partial charge in [0.15, 0.2) is 0 Å². The monoisotopic (exact) mass is 362 g/mol. The minimum Gasteiger partial charge on any atom is -0.348 e. The summed E-state index contributed by atoms with van der Waals surface area (Å²) in [5, 5.41) is 2.88. The van der Waals surface area contributed by atoms with Crippen LogP contribution in [0.3, 0.4) is 0 Å². The van der Waals surface area contributed by atoms with Gasteiger partial charge >= 0.3 is 0 Å². The SMILES string of the molecule is Cc1cc2c(n1-c1ccc(C(=O)NCc3ccc(F)cc3)cc1)CCCC2. The molecule has 3 aromatic rings. The summed E-state index contributed by atoms with van der Waals surface area (Å²) in [6, 6.07) is 16.2. The van der Waals surface area contributed by atoms with Crippen molar-refractivity contribution in [1.82, 2.24) is 9.88 Å². The van der Waals surface area contributed by atoms with E-state index in [4.69, 9.17) is 0 Å². The first kappa shape index (κ1) is 17.5. The highest BCUT2D eigenvalue weighted by molar-refractivity contribution is 5.94. The molecule has 4 rings (SSSR count). The van der Waals surface area contributed by atoms with Gasteiger partial charge in [0.25, 0.3) is 5.91 Å². The molecule has 0 spiro atoms. The molecule has 0 fully saturated rings. The first-order chi connectivity index (χ1) is 13.1. The molecule has 0 saturated heterocycles. The number of halogens is 1. The van der Waals surface area contributed by atoms with Crippen molar-refractivity contribution >= 4 is 5.91 Å². The van der Waals surface area contributed by atoms with Crippen LogP contribution in [0.15, 0.2) is 54.6 Å². The summed E-state index contributed by atoms with van der Waals surface area (Å²) in [6.45, 7) is 2.52. The van der Waals surface area contributed by atoms with Crippen molar-refractivity contribution in [3.63, 3.8) is 0 Å². The standard InChI is InChI=1S/C23H23FN2O/c1-16-14-19-4-2-3-5-22(19)26(16)21-12-8-18(9-13-21)23(27)25-15-17-6-10-20(24)11-7-17/h6-14H,2-5,15H2,1H3,(H,25,27). The molecular formula is C23H23FN2O. The van der Waals surface area contributed by atoms with Gasteiger partial charge < -0.3 is 9.88 Å². The lowest BCUT2D eigenvalue weighted by molar-refractivity contribution is 0.0951. The van der Waals surface area contributed by atoms with Crippen LogP contribution in [0.1, 0.15) is 45.7 Å². The molecule has 0 bridgehead atoms. The Morgan fingerprint density at radius 3 is 2.48 bits per heavy atom. The number of nitrogens with one attached hydrogen (secondary N) is 1. The summed E-state index contributed by atoms with van der Waals surface area (Å²) in [7, 11) is 0. The van der Waals surface area contributed by atoms with Gasteiger partial charge in [-0.3, -0.25) is 4.79 Å². The lowest BCUT2D eigenvalue weighted by Crippen LogP contribution is -2.22. The van der Waals surface area contributed by atoms with Gasteiger partial charge in [0.05, 0.1) is 0 Å². The second-order valence-corrected chi connectivity index (χ2v) is 7.16. The first-order valence-electron chi connectivity index (χ1n) is 9.45. The average Bonchev–Trinajstić information content (AvgIpc) is 3.03. The number of benzene rings is 2. The van der Waals surface area contributed by atoms with Gasteiger partial charge in [-0.05, 0) is 86.2 Å². The third-order valence-corrected chi connectivity index (χ3v) is 5.24. The van der Waals surface area contributed by atoms with Crippen LogP contribution in [0, 0.1) is 12.7 Å². The zero-order valence-electron chi connectivity index (χ0n) is 15.5. The van der Waals surface area contributed by atoms with E-state index in [9.17, 15) is 9.18 Å². The second kappa shape index (κ2) is 7.39. The molecule has 4 heteroatoms. The van der Waals surface area contributed by atoms with E-state index in [0.29, 0.717) is 12.1 Å². The molecule has 0 aliphatic heterocycles. The molecule has 0 atom stereocenters. The van der Waals surface area contributed by atoms with Crippen LogP contribution < -0.4 is 5.32 Å². The minimum atomic E-state index is -0.275. The third-order valence-electron chi connectivity index (χ3n) is 5.24. The normalized spacial score (nSPS) is 13.3. The number of hydrogen-bond donors (Lipinski definition) is 1. The molecule has 0 unspecified atom stereocenters. The Morgan fingerprint density at radius 2 is 1.74 bits per heavy atom. The smallest absolute Gasteiger partial charge is 0.251 e. The topological polar surface area (TPSA) is 34.0 Å². The number of rotatable bonds is 4. The van der Waals surface area contributed by atoms with Gasteiger partial charge in [-0.1, -0.05) is 12.1 Å².